The van der Waals surface area contributed by atoms with Gasteiger partial charge < -0.3 is 25.0 Å². The Labute approximate surface area is 339 Å². The van der Waals surface area contributed by atoms with Crippen LogP contribution in [0.25, 0.3) is 110 Å². The maximum atomic E-state index is 7.24. The van der Waals surface area contributed by atoms with Crippen LogP contribution in [0, 0.1) is 0 Å². The molecule has 11 aromatic rings. The van der Waals surface area contributed by atoms with E-state index in [1.54, 1.807) is 11.3 Å². The van der Waals surface area contributed by atoms with E-state index in [0.29, 0.717) is 0 Å². The lowest BCUT2D eigenvalue weighted by molar-refractivity contribution is 0.669. The fourth-order valence-electron chi connectivity index (χ4n) is 8.92. The zero-order valence-corrected chi connectivity index (χ0v) is 32.8. The fraction of sp³-hybridized carbons (Fsp3) is 0.0385. The molecule has 0 aliphatic carbocycles. The highest BCUT2D eigenvalue weighted by Crippen LogP contribution is 2.48. The third kappa shape index (κ3) is 5.02. The maximum Gasteiger partial charge on any atom is 0.135 e. The van der Waals surface area contributed by atoms with E-state index in [1.165, 1.54) is 16.3 Å². The molecule has 0 saturated carbocycles. The second-order valence-corrected chi connectivity index (χ2v) is 15.8. The lowest BCUT2D eigenvalue weighted by Gasteiger charge is -2.11. The number of hydrogen-bond donors (Lipinski definition) is 2. The predicted octanol–water partition coefficient (Wildman–Crippen LogP) is 14.4. The number of benzene rings is 7. The van der Waals surface area contributed by atoms with E-state index in [4.69, 9.17) is 15.9 Å². The summed E-state index contributed by atoms with van der Waals surface area (Å²) in [7, 11) is 0. The van der Waals surface area contributed by atoms with Gasteiger partial charge in [0, 0.05) is 53.1 Å². The van der Waals surface area contributed by atoms with Crippen LogP contribution in [0.3, 0.4) is 0 Å². The molecule has 0 aliphatic rings. The number of anilines is 2. The number of nitrogens with two attached hydrogens (primary N) is 2. The Balaban J connectivity index is 1.11. The molecular weight excluding hydrogens is 729 g/mol. The first-order valence-electron chi connectivity index (χ1n) is 19.6. The number of nitrogen functional groups attached to an aromatic ring is 2. The summed E-state index contributed by atoms with van der Waals surface area (Å²) in [5.74, 6) is 0. The summed E-state index contributed by atoms with van der Waals surface area (Å²) < 4.78 is 13.0. The zero-order chi connectivity index (χ0) is 39.1. The largest absolute Gasteiger partial charge is 0.456 e. The number of para-hydroxylation sites is 1. The van der Waals surface area contributed by atoms with Gasteiger partial charge in [0.2, 0.25) is 0 Å². The van der Waals surface area contributed by atoms with E-state index in [0.717, 1.165) is 104 Å². The maximum absolute atomic E-state index is 7.24. The summed E-state index contributed by atoms with van der Waals surface area (Å²) in [5, 5.41) is 6.69. The van der Waals surface area contributed by atoms with E-state index >= 15 is 0 Å². The molecule has 0 aliphatic heterocycles. The predicted molar refractivity (Wildman–Crippen MR) is 249 cm³/mol. The van der Waals surface area contributed by atoms with Crippen molar-refractivity contribution < 1.29 is 4.42 Å². The molecule has 0 amide bonds. The van der Waals surface area contributed by atoms with Gasteiger partial charge in [0.1, 0.15) is 11.2 Å². The van der Waals surface area contributed by atoms with Crippen molar-refractivity contribution in [1.29, 1.82) is 0 Å². The quantitative estimate of drug-likeness (QED) is 0.177. The highest BCUT2D eigenvalue weighted by Gasteiger charge is 2.23. The summed E-state index contributed by atoms with van der Waals surface area (Å²) in [6.45, 7) is 4.08. The summed E-state index contributed by atoms with van der Waals surface area (Å²) in [6.07, 6.45) is 8.36. The smallest absolute Gasteiger partial charge is 0.135 e. The first-order chi connectivity index (χ1) is 28.5. The van der Waals surface area contributed by atoms with Crippen molar-refractivity contribution in [1.82, 2.24) is 9.13 Å². The second kappa shape index (κ2) is 13.2. The normalized spacial score (nSPS) is 12.3. The van der Waals surface area contributed by atoms with Crippen LogP contribution < -0.4 is 11.5 Å². The average molecular weight is 767 g/mol. The highest BCUT2D eigenvalue weighted by atomic mass is 32.1. The Morgan fingerprint density at radius 3 is 1.59 bits per heavy atom. The molecular formula is C52H38N4OS. The van der Waals surface area contributed by atoms with Crippen LogP contribution in [0.1, 0.15) is 25.2 Å². The van der Waals surface area contributed by atoms with Gasteiger partial charge in [-0.3, -0.25) is 0 Å². The Hall–Kier alpha value is -7.28. The van der Waals surface area contributed by atoms with Crippen LogP contribution in [0.15, 0.2) is 162 Å². The van der Waals surface area contributed by atoms with Crippen molar-refractivity contribution >= 4 is 98.8 Å². The number of hydrogen-bond acceptors (Lipinski definition) is 4. The number of thiophene rings is 1. The third-order valence-corrected chi connectivity index (χ3v) is 12.8. The molecule has 58 heavy (non-hydrogen) atoms. The van der Waals surface area contributed by atoms with Crippen LogP contribution in [-0.4, -0.2) is 9.13 Å². The Bertz CT molecular complexity index is 3500. The molecule has 278 valence electrons. The standard InChI is InChI=1S/C52H38N4OS/c1-3-12-43-49(53)47-41(55(43)35-18-10-16-32(28-35)31-14-6-5-7-15-31)25-23-38-39-24-26-42-48(52(39)58-51(38)47)50(54)44(13-4-2)56(42)36-19-11-17-33(29-36)34-22-27-46-40(30-34)37-20-8-9-21-45(37)57-46/h3-30H,53-54H2,1-2H3/b12-3-,13-4-. The number of furan rings is 1. The minimum Gasteiger partial charge on any atom is -0.456 e. The molecule has 0 saturated heterocycles. The summed E-state index contributed by atoms with van der Waals surface area (Å²) >= 11 is 1.78. The van der Waals surface area contributed by atoms with Crippen molar-refractivity contribution in [3.05, 3.63) is 169 Å². The molecule has 11 rings (SSSR count). The lowest BCUT2D eigenvalue weighted by atomic mass is 10.0. The minimum absolute atomic E-state index is 0.760. The molecule has 5 nitrogen and oxygen atoms in total. The molecule has 0 bridgehead atoms. The fourth-order valence-corrected chi connectivity index (χ4v) is 10.3. The third-order valence-electron chi connectivity index (χ3n) is 11.5. The van der Waals surface area contributed by atoms with Gasteiger partial charge in [-0.2, -0.15) is 0 Å². The number of aromatic nitrogens is 2. The van der Waals surface area contributed by atoms with Gasteiger partial charge in [-0.05, 0) is 103 Å². The summed E-state index contributed by atoms with van der Waals surface area (Å²) in [6, 6.07) is 51.5. The van der Waals surface area contributed by atoms with E-state index < -0.39 is 0 Å². The zero-order valence-electron chi connectivity index (χ0n) is 32.0. The van der Waals surface area contributed by atoms with E-state index in [2.05, 4.69) is 167 Å². The van der Waals surface area contributed by atoms with Crippen LogP contribution in [-0.2, 0) is 0 Å². The van der Waals surface area contributed by atoms with Gasteiger partial charge in [-0.25, -0.2) is 0 Å². The van der Waals surface area contributed by atoms with Gasteiger partial charge in [0.15, 0.2) is 0 Å². The van der Waals surface area contributed by atoms with Crippen molar-refractivity contribution in [2.45, 2.75) is 13.8 Å². The topological polar surface area (TPSA) is 75.0 Å². The van der Waals surface area contributed by atoms with Crippen molar-refractivity contribution in [2.75, 3.05) is 11.5 Å². The van der Waals surface area contributed by atoms with Crippen LogP contribution in [0.5, 0.6) is 0 Å². The van der Waals surface area contributed by atoms with Crippen LogP contribution >= 0.6 is 11.3 Å². The average Bonchev–Trinajstić information content (AvgIpc) is 3.99. The highest BCUT2D eigenvalue weighted by molar-refractivity contribution is 7.27. The van der Waals surface area contributed by atoms with Gasteiger partial charge in [-0.1, -0.05) is 103 Å². The van der Waals surface area contributed by atoms with Gasteiger partial charge in [0.05, 0.1) is 33.8 Å². The number of nitrogens with zero attached hydrogens (tertiary/aromatic N) is 2. The van der Waals surface area contributed by atoms with Crippen LogP contribution in [0.2, 0.25) is 0 Å². The van der Waals surface area contributed by atoms with Crippen LogP contribution in [0.4, 0.5) is 11.4 Å². The van der Waals surface area contributed by atoms with Gasteiger partial charge in [-0.15, -0.1) is 11.3 Å². The van der Waals surface area contributed by atoms with Gasteiger partial charge >= 0.3 is 0 Å². The Morgan fingerprint density at radius 1 is 0.466 bits per heavy atom. The van der Waals surface area contributed by atoms with E-state index in [-0.39, 0.29) is 0 Å². The molecule has 6 heteroatoms. The molecule has 0 spiro atoms. The van der Waals surface area contributed by atoms with Crippen molar-refractivity contribution in [2.24, 2.45) is 0 Å². The SMILES string of the molecule is C/C=C\c1c(N)c2c3sc4c(ccc5c4c(N)c(/C=C\C)n5-c4cccc(-c5ccc6oc7ccccc7c6c5)c4)c3ccc2n1-c1cccc(-c2ccccc2)c1. The van der Waals surface area contributed by atoms with E-state index in [9.17, 15) is 0 Å². The monoisotopic (exact) mass is 766 g/mol. The summed E-state index contributed by atoms with van der Waals surface area (Å²) in [4.78, 5) is 0. The Kier molecular flexibility index (Phi) is 7.71. The molecule has 0 fully saturated rings. The Morgan fingerprint density at radius 2 is 0.983 bits per heavy atom. The summed E-state index contributed by atoms with van der Waals surface area (Å²) in [5.41, 5.74) is 28.5. The van der Waals surface area contributed by atoms with Crippen molar-refractivity contribution in [3.63, 3.8) is 0 Å². The molecule has 0 atom stereocenters. The molecule has 4 heterocycles. The first kappa shape index (κ1) is 34.0. The molecule has 0 unspecified atom stereocenters. The number of allylic oxidation sites excluding steroid dienone is 2. The van der Waals surface area contributed by atoms with Gasteiger partial charge in [0.25, 0.3) is 0 Å². The number of fused-ring (bicyclic) bond motifs is 10. The molecule has 4 N–H and O–H groups in total. The van der Waals surface area contributed by atoms with Crippen molar-refractivity contribution in [3.8, 4) is 33.6 Å². The lowest BCUT2D eigenvalue weighted by Crippen LogP contribution is -1.98. The second-order valence-electron chi connectivity index (χ2n) is 14.8. The minimum atomic E-state index is 0.760. The molecule has 4 aromatic heterocycles. The molecule has 7 aromatic carbocycles. The molecule has 0 radical (unpaired) electrons. The number of rotatable bonds is 6. The first-order valence-corrected chi connectivity index (χ1v) is 20.4. The van der Waals surface area contributed by atoms with E-state index in [1.807, 2.05) is 26.0 Å².